The predicted octanol–water partition coefficient (Wildman–Crippen LogP) is 1.17. The molecular weight excluding hydrogens is 202 g/mol. The Labute approximate surface area is 93.5 Å². The van der Waals surface area contributed by atoms with E-state index in [1.807, 2.05) is 24.5 Å². The quantitative estimate of drug-likeness (QED) is 0.582. The standard InChI is InChI=1S/C11H13N5/c1-7-8(2)16(6-15-7)9-3-4-10(11(12)13)14-5-9/h3-6H,1-2H3,(H3,12,13). The van der Waals surface area contributed by atoms with E-state index in [9.17, 15) is 0 Å². The van der Waals surface area contributed by atoms with Crippen molar-refractivity contribution in [1.29, 1.82) is 5.41 Å². The number of amidine groups is 1. The molecule has 2 aromatic heterocycles. The molecule has 5 heteroatoms. The van der Waals surface area contributed by atoms with Crippen LogP contribution in [0.2, 0.25) is 0 Å². The molecule has 0 bridgehead atoms. The van der Waals surface area contributed by atoms with Crippen molar-refractivity contribution in [3.05, 3.63) is 41.7 Å². The predicted molar refractivity (Wildman–Crippen MR) is 61.8 cm³/mol. The number of rotatable bonds is 2. The van der Waals surface area contributed by atoms with Crippen molar-refractivity contribution in [2.24, 2.45) is 5.73 Å². The van der Waals surface area contributed by atoms with Crippen LogP contribution in [-0.2, 0) is 0 Å². The van der Waals surface area contributed by atoms with E-state index < -0.39 is 0 Å². The van der Waals surface area contributed by atoms with Crippen LogP contribution in [0.3, 0.4) is 0 Å². The fourth-order valence-electron chi connectivity index (χ4n) is 1.45. The second-order valence-corrected chi connectivity index (χ2v) is 3.60. The summed E-state index contributed by atoms with van der Waals surface area (Å²) in [5.41, 5.74) is 8.82. The first-order valence-electron chi connectivity index (χ1n) is 4.91. The maximum atomic E-state index is 7.25. The Morgan fingerprint density at radius 2 is 2.06 bits per heavy atom. The van der Waals surface area contributed by atoms with E-state index in [0.29, 0.717) is 5.69 Å². The highest BCUT2D eigenvalue weighted by Crippen LogP contribution is 2.12. The zero-order valence-corrected chi connectivity index (χ0v) is 9.23. The highest BCUT2D eigenvalue weighted by Gasteiger charge is 2.05. The monoisotopic (exact) mass is 215 g/mol. The fourth-order valence-corrected chi connectivity index (χ4v) is 1.45. The average molecular weight is 215 g/mol. The molecule has 2 heterocycles. The Balaban J connectivity index is 2.42. The van der Waals surface area contributed by atoms with Gasteiger partial charge in [-0.15, -0.1) is 0 Å². The molecule has 0 fully saturated rings. The lowest BCUT2D eigenvalue weighted by Crippen LogP contribution is -2.13. The van der Waals surface area contributed by atoms with Crippen molar-refractivity contribution in [2.45, 2.75) is 13.8 Å². The van der Waals surface area contributed by atoms with Gasteiger partial charge in [-0.1, -0.05) is 0 Å². The molecular formula is C11H13N5. The molecule has 16 heavy (non-hydrogen) atoms. The molecule has 0 amide bonds. The number of hydrogen-bond donors (Lipinski definition) is 2. The molecule has 0 aromatic carbocycles. The molecule has 3 N–H and O–H groups in total. The topological polar surface area (TPSA) is 80.6 Å². The first-order valence-corrected chi connectivity index (χ1v) is 4.91. The Morgan fingerprint density at radius 3 is 2.50 bits per heavy atom. The molecule has 2 aromatic rings. The largest absolute Gasteiger partial charge is 0.382 e. The van der Waals surface area contributed by atoms with Crippen molar-refractivity contribution in [3.63, 3.8) is 0 Å². The molecule has 5 nitrogen and oxygen atoms in total. The SMILES string of the molecule is Cc1ncn(-c2ccc(C(=N)N)nc2)c1C. The van der Waals surface area contributed by atoms with Crippen LogP contribution in [0.25, 0.3) is 5.69 Å². The molecule has 0 aliphatic rings. The van der Waals surface area contributed by atoms with Gasteiger partial charge in [0.2, 0.25) is 0 Å². The first kappa shape index (κ1) is 10.4. The van der Waals surface area contributed by atoms with Gasteiger partial charge in [0.25, 0.3) is 0 Å². The minimum atomic E-state index is -0.0231. The Bertz CT molecular complexity index is 524. The number of nitrogens with two attached hydrogens (primary N) is 1. The minimum absolute atomic E-state index is 0.0231. The normalized spacial score (nSPS) is 10.4. The molecule has 82 valence electrons. The summed E-state index contributed by atoms with van der Waals surface area (Å²) in [4.78, 5) is 8.33. The highest BCUT2D eigenvalue weighted by atomic mass is 15.1. The van der Waals surface area contributed by atoms with Gasteiger partial charge < -0.3 is 10.3 Å². The fraction of sp³-hybridized carbons (Fsp3) is 0.182. The Morgan fingerprint density at radius 1 is 1.31 bits per heavy atom. The van der Waals surface area contributed by atoms with E-state index in [4.69, 9.17) is 11.1 Å². The third-order valence-electron chi connectivity index (χ3n) is 2.55. The van der Waals surface area contributed by atoms with Crippen molar-refractivity contribution < 1.29 is 0 Å². The summed E-state index contributed by atoms with van der Waals surface area (Å²) in [5, 5.41) is 7.25. The van der Waals surface area contributed by atoms with Gasteiger partial charge >= 0.3 is 0 Å². The van der Waals surface area contributed by atoms with Gasteiger partial charge in [-0.25, -0.2) is 4.98 Å². The molecule has 0 atom stereocenters. The summed E-state index contributed by atoms with van der Waals surface area (Å²) in [6.45, 7) is 3.96. The minimum Gasteiger partial charge on any atom is -0.382 e. The van der Waals surface area contributed by atoms with Crippen LogP contribution in [-0.4, -0.2) is 20.4 Å². The number of hydrogen-bond acceptors (Lipinski definition) is 3. The third kappa shape index (κ3) is 1.67. The zero-order chi connectivity index (χ0) is 11.7. The summed E-state index contributed by atoms with van der Waals surface area (Å²) in [7, 11) is 0. The lowest BCUT2D eigenvalue weighted by Gasteiger charge is -2.05. The summed E-state index contributed by atoms with van der Waals surface area (Å²) < 4.78 is 1.95. The Hall–Kier alpha value is -2.17. The van der Waals surface area contributed by atoms with E-state index in [2.05, 4.69) is 9.97 Å². The van der Waals surface area contributed by atoms with Gasteiger partial charge in [0.15, 0.2) is 0 Å². The van der Waals surface area contributed by atoms with E-state index in [1.165, 1.54) is 0 Å². The molecule has 0 radical (unpaired) electrons. The van der Waals surface area contributed by atoms with Crippen LogP contribution in [0.5, 0.6) is 0 Å². The number of aromatic nitrogens is 3. The van der Waals surface area contributed by atoms with E-state index in [1.54, 1.807) is 18.6 Å². The lowest BCUT2D eigenvalue weighted by molar-refractivity contribution is 0.986. The molecule has 0 spiro atoms. The van der Waals surface area contributed by atoms with Crippen LogP contribution in [0, 0.1) is 19.3 Å². The number of imidazole rings is 1. The maximum absolute atomic E-state index is 7.25. The van der Waals surface area contributed by atoms with Gasteiger partial charge in [-0.05, 0) is 26.0 Å². The van der Waals surface area contributed by atoms with E-state index >= 15 is 0 Å². The van der Waals surface area contributed by atoms with Crippen LogP contribution in [0.1, 0.15) is 17.1 Å². The lowest BCUT2D eigenvalue weighted by atomic mass is 10.3. The number of nitrogens with zero attached hydrogens (tertiary/aromatic N) is 3. The highest BCUT2D eigenvalue weighted by molar-refractivity contribution is 5.92. The van der Waals surface area contributed by atoms with Gasteiger partial charge in [0.05, 0.1) is 23.9 Å². The smallest absolute Gasteiger partial charge is 0.141 e. The summed E-state index contributed by atoms with van der Waals surface area (Å²) in [5.74, 6) is -0.0231. The van der Waals surface area contributed by atoms with Crippen LogP contribution >= 0.6 is 0 Å². The second-order valence-electron chi connectivity index (χ2n) is 3.60. The first-order chi connectivity index (χ1) is 7.59. The maximum Gasteiger partial charge on any atom is 0.141 e. The van der Waals surface area contributed by atoms with Crippen molar-refractivity contribution in [3.8, 4) is 5.69 Å². The average Bonchev–Trinajstić information content (AvgIpc) is 2.60. The van der Waals surface area contributed by atoms with Gasteiger partial charge in [-0.3, -0.25) is 10.4 Å². The molecule has 0 saturated carbocycles. The van der Waals surface area contributed by atoms with Crippen molar-refractivity contribution in [2.75, 3.05) is 0 Å². The van der Waals surface area contributed by atoms with Crippen molar-refractivity contribution in [1.82, 2.24) is 14.5 Å². The molecule has 0 saturated heterocycles. The van der Waals surface area contributed by atoms with Gasteiger partial charge in [0, 0.05) is 5.69 Å². The number of nitrogens with one attached hydrogen (secondary N) is 1. The summed E-state index contributed by atoms with van der Waals surface area (Å²) >= 11 is 0. The van der Waals surface area contributed by atoms with Gasteiger partial charge in [0.1, 0.15) is 11.5 Å². The number of pyridine rings is 1. The number of aryl methyl sites for hydroxylation is 1. The van der Waals surface area contributed by atoms with Crippen molar-refractivity contribution >= 4 is 5.84 Å². The summed E-state index contributed by atoms with van der Waals surface area (Å²) in [6, 6.07) is 3.60. The number of nitrogen functional groups attached to an aromatic ring is 1. The van der Waals surface area contributed by atoms with Gasteiger partial charge in [-0.2, -0.15) is 0 Å². The van der Waals surface area contributed by atoms with Crippen LogP contribution in [0.4, 0.5) is 0 Å². The molecule has 2 rings (SSSR count). The zero-order valence-electron chi connectivity index (χ0n) is 9.23. The third-order valence-corrected chi connectivity index (χ3v) is 2.55. The second kappa shape index (κ2) is 3.77. The van der Waals surface area contributed by atoms with Crippen LogP contribution in [0.15, 0.2) is 24.7 Å². The molecule has 0 aliphatic carbocycles. The Kier molecular flexibility index (Phi) is 2.44. The molecule has 0 aliphatic heterocycles. The van der Waals surface area contributed by atoms with E-state index in [-0.39, 0.29) is 5.84 Å². The van der Waals surface area contributed by atoms with Crippen LogP contribution < -0.4 is 5.73 Å². The summed E-state index contributed by atoms with van der Waals surface area (Å²) in [6.07, 6.45) is 3.44. The van der Waals surface area contributed by atoms with E-state index in [0.717, 1.165) is 17.1 Å². The molecule has 0 unspecified atom stereocenters.